The monoisotopic (exact) mass is 456 g/mol. The quantitative estimate of drug-likeness (QED) is 0.618. The highest BCUT2D eigenvalue weighted by Gasteiger charge is 2.53. The number of carbonyl (C=O) groups is 1. The summed E-state index contributed by atoms with van der Waals surface area (Å²) in [5, 5.41) is 23.9. The predicted molar refractivity (Wildman–Crippen MR) is 131 cm³/mol. The third kappa shape index (κ3) is 3.12. The lowest BCUT2D eigenvalue weighted by Gasteiger charge is -2.35. The molecule has 172 valence electrons. The first kappa shape index (κ1) is 20.9. The van der Waals surface area contributed by atoms with Crippen molar-refractivity contribution in [2.45, 2.75) is 37.8 Å². The summed E-state index contributed by atoms with van der Waals surface area (Å²) in [5.41, 5.74) is 3.10. The van der Waals surface area contributed by atoms with Crippen molar-refractivity contribution in [3.05, 3.63) is 72.1 Å². The number of β-amino-alcohol motifs (C(OH)–C–C–N with tert-alkyl or cyclic N) is 1. The summed E-state index contributed by atoms with van der Waals surface area (Å²) in [5.74, 6) is 1.07. The second-order valence-corrected chi connectivity index (χ2v) is 9.52. The Kier molecular flexibility index (Phi) is 4.57. The molecule has 1 amide bonds. The molecule has 0 radical (unpaired) electrons. The van der Waals surface area contributed by atoms with Crippen LogP contribution in [0.4, 0.5) is 11.4 Å². The molecular weight excluding hydrogens is 430 g/mol. The lowest BCUT2D eigenvalue weighted by Crippen LogP contribution is -2.56. The summed E-state index contributed by atoms with van der Waals surface area (Å²) in [7, 11) is 0. The van der Waals surface area contributed by atoms with Gasteiger partial charge in [0.15, 0.2) is 6.20 Å². The van der Waals surface area contributed by atoms with Crippen LogP contribution >= 0.6 is 0 Å². The number of amides is 1. The van der Waals surface area contributed by atoms with Gasteiger partial charge in [0.1, 0.15) is 6.21 Å². The Labute approximate surface area is 197 Å². The van der Waals surface area contributed by atoms with Crippen LogP contribution in [0.1, 0.15) is 37.4 Å². The molecule has 9 nitrogen and oxygen atoms in total. The smallest absolute Gasteiger partial charge is 0.301 e. The third-order valence-corrected chi connectivity index (χ3v) is 6.95. The van der Waals surface area contributed by atoms with Gasteiger partial charge < -0.3 is 15.7 Å². The second-order valence-electron chi connectivity index (χ2n) is 9.52. The number of aliphatic hydroxyl groups is 1. The number of benzene rings is 2. The summed E-state index contributed by atoms with van der Waals surface area (Å²) < 4.78 is 0.0111. The molecule has 0 aliphatic carbocycles. The number of nitrogens with one attached hydrogen (secondary N) is 2. The summed E-state index contributed by atoms with van der Waals surface area (Å²) in [6.45, 7) is 4.28. The molecule has 0 bridgehead atoms. The standard InChI is InChI=1S/C25H25N7O2/c1-25(2)19-9-8-17(12-20(19)28-23(25)34)27-24-29-22-14-26-10-11-32(22,30-24)31-15-18(33)13-21(31)16-6-4-3-5-7-16/h3-12,14,18,21,33H,13,15H2,1-2H3,(H-,27,28,30,34)/p+1. The Balaban J connectivity index is 1.34. The zero-order valence-corrected chi connectivity index (χ0v) is 19.0. The molecule has 2 aromatic carbocycles. The van der Waals surface area contributed by atoms with Crippen molar-refractivity contribution < 1.29 is 14.6 Å². The highest BCUT2D eigenvalue weighted by atomic mass is 16.3. The molecule has 0 aromatic heterocycles. The molecule has 3 N–H and O–H groups in total. The fraction of sp³-hybridized carbons (Fsp3) is 0.280. The van der Waals surface area contributed by atoms with E-state index in [1.807, 2.05) is 56.4 Å². The second kappa shape index (κ2) is 7.42. The van der Waals surface area contributed by atoms with Gasteiger partial charge in [-0.25, -0.2) is 0 Å². The van der Waals surface area contributed by atoms with Crippen molar-refractivity contribution in [2.24, 2.45) is 15.1 Å². The minimum atomic E-state index is -0.556. The molecule has 3 unspecified atom stereocenters. The minimum Gasteiger partial charge on any atom is -0.391 e. The summed E-state index contributed by atoms with van der Waals surface area (Å²) >= 11 is 0. The number of aliphatic imine (C=N–C) groups is 2. The van der Waals surface area contributed by atoms with Gasteiger partial charge in [0, 0.05) is 11.4 Å². The molecule has 0 spiro atoms. The number of fused-ring (bicyclic) bond motifs is 2. The Morgan fingerprint density at radius 3 is 2.85 bits per heavy atom. The summed E-state index contributed by atoms with van der Waals surface area (Å²) in [4.78, 5) is 21.3. The number of quaternary nitrogens is 1. The molecule has 0 saturated carbocycles. The van der Waals surface area contributed by atoms with E-state index in [0.29, 0.717) is 24.8 Å². The van der Waals surface area contributed by atoms with Crippen LogP contribution in [0.3, 0.4) is 0 Å². The molecule has 1 saturated heterocycles. The molecule has 4 aliphatic heterocycles. The molecule has 6 rings (SSSR count). The van der Waals surface area contributed by atoms with Crippen molar-refractivity contribution in [3.8, 4) is 0 Å². The first-order chi connectivity index (χ1) is 16.4. The van der Waals surface area contributed by atoms with Crippen LogP contribution in [0.25, 0.3) is 0 Å². The molecule has 4 heterocycles. The van der Waals surface area contributed by atoms with E-state index in [0.717, 1.165) is 22.5 Å². The van der Waals surface area contributed by atoms with Gasteiger partial charge in [0.25, 0.3) is 5.96 Å². The number of amidine groups is 1. The molecule has 2 aromatic rings. The zero-order valence-electron chi connectivity index (χ0n) is 19.0. The van der Waals surface area contributed by atoms with Gasteiger partial charge in [-0.15, -0.1) is 10.0 Å². The van der Waals surface area contributed by atoms with Crippen LogP contribution < -0.4 is 10.6 Å². The van der Waals surface area contributed by atoms with Gasteiger partial charge in [-0.1, -0.05) is 36.4 Å². The number of nitrogens with zero attached hydrogens (tertiary/aromatic N) is 5. The fourth-order valence-corrected chi connectivity index (χ4v) is 5.11. The van der Waals surface area contributed by atoms with Crippen LogP contribution in [-0.2, 0) is 10.2 Å². The van der Waals surface area contributed by atoms with Crippen molar-refractivity contribution in [3.63, 3.8) is 0 Å². The van der Waals surface area contributed by atoms with Gasteiger partial charge in [-0.05, 0) is 53.3 Å². The lowest BCUT2D eigenvalue weighted by molar-refractivity contribution is -0.921. The fourth-order valence-electron chi connectivity index (χ4n) is 5.11. The first-order valence-corrected chi connectivity index (χ1v) is 11.4. The van der Waals surface area contributed by atoms with E-state index < -0.39 is 11.5 Å². The van der Waals surface area contributed by atoms with E-state index in [9.17, 15) is 9.90 Å². The maximum absolute atomic E-state index is 12.3. The Morgan fingerprint density at radius 1 is 1.21 bits per heavy atom. The van der Waals surface area contributed by atoms with Crippen LogP contribution in [-0.4, -0.2) is 51.4 Å². The number of carbonyl (C=O) groups excluding carboxylic acids is 1. The molecular formula is C25H26N7O2+. The van der Waals surface area contributed by atoms with Gasteiger partial charge in [-0.2, -0.15) is 0 Å². The number of hydrogen-bond donors (Lipinski definition) is 3. The topological polar surface area (TPSA) is 102 Å². The highest BCUT2D eigenvalue weighted by molar-refractivity contribution is 6.30. The van der Waals surface area contributed by atoms with E-state index in [-0.39, 0.29) is 16.7 Å². The van der Waals surface area contributed by atoms with E-state index in [2.05, 4.69) is 32.8 Å². The molecule has 1 fully saturated rings. The molecule has 9 heteroatoms. The third-order valence-electron chi connectivity index (χ3n) is 6.95. The predicted octanol–water partition coefficient (Wildman–Crippen LogP) is 3.11. The van der Waals surface area contributed by atoms with Gasteiger partial charge >= 0.3 is 5.84 Å². The molecule has 34 heavy (non-hydrogen) atoms. The number of anilines is 2. The van der Waals surface area contributed by atoms with E-state index >= 15 is 0 Å². The number of guanidine groups is 1. The highest BCUT2D eigenvalue weighted by Crippen LogP contribution is 2.41. The number of aliphatic hydroxyl groups excluding tert-OH is 1. The number of rotatable bonds is 3. The van der Waals surface area contributed by atoms with Crippen molar-refractivity contribution in [2.75, 3.05) is 17.2 Å². The Bertz CT molecular complexity index is 1300. The van der Waals surface area contributed by atoms with E-state index in [4.69, 9.17) is 10.1 Å². The Hall–Kier alpha value is -3.66. The summed E-state index contributed by atoms with van der Waals surface area (Å²) in [6.07, 6.45) is 5.44. The Morgan fingerprint density at radius 2 is 2.03 bits per heavy atom. The zero-order chi connectivity index (χ0) is 23.5. The van der Waals surface area contributed by atoms with Crippen LogP contribution in [0.5, 0.6) is 0 Å². The first-order valence-electron chi connectivity index (χ1n) is 11.4. The molecule has 4 aliphatic rings. The molecule has 3 atom stereocenters. The maximum Gasteiger partial charge on any atom is 0.301 e. The average Bonchev–Trinajstić information content (AvgIpc) is 3.46. The maximum atomic E-state index is 12.3. The van der Waals surface area contributed by atoms with Crippen LogP contribution in [0.15, 0.2) is 76.0 Å². The number of hydrogen-bond acceptors (Lipinski definition) is 7. The van der Waals surface area contributed by atoms with Crippen molar-refractivity contribution >= 4 is 35.3 Å². The minimum absolute atomic E-state index is 0.0111. The summed E-state index contributed by atoms with van der Waals surface area (Å²) in [6, 6.07) is 15.9. The van der Waals surface area contributed by atoms with Crippen molar-refractivity contribution in [1.82, 2.24) is 5.01 Å². The van der Waals surface area contributed by atoms with Crippen molar-refractivity contribution in [1.29, 1.82) is 0 Å². The van der Waals surface area contributed by atoms with Gasteiger partial charge in [0.2, 0.25) is 5.91 Å². The normalized spacial score (nSPS) is 28.9. The van der Waals surface area contributed by atoms with E-state index in [1.165, 1.54) is 0 Å². The van der Waals surface area contributed by atoms with E-state index in [1.54, 1.807) is 12.4 Å². The van der Waals surface area contributed by atoms with Gasteiger partial charge in [-0.3, -0.25) is 9.79 Å². The van der Waals surface area contributed by atoms with Crippen LogP contribution in [0.2, 0.25) is 0 Å². The average molecular weight is 457 g/mol. The SMILES string of the molecule is CC1(C)C(=O)Nc2cc(NC3=N[N+]4(N5CC(O)CC5c5ccccc5)C=CN=CC4=N3)ccc21. The largest absolute Gasteiger partial charge is 0.391 e. The lowest BCUT2D eigenvalue weighted by atomic mass is 9.86. The van der Waals surface area contributed by atoms with Crippen LogP contribution in [0, 0.1) is 0 Å². The van der Waals surface area contributed by atoms with Gasteiger partial charge in [0.05, 0.1) is 30.3 Å².